The van der Waals surface area contributed by atoms with E-state index in [1.807, 2.05) is 43.3 Å². The quantitative estimate of drug-likeness (QED) is 0.448. The normalized spacial score (nSPS) is 17.1. The zero-order valence-electron chi connectivity index (χ0n) is 20.4. The number of aryl methyl sites for hydroxylation is 2. The lowest BCUT2D eigenvalue weighted by Crippen LogP contribution is -2.46. The van der Waals surface area contributed by atoms with Crippen molar-refractivity contribution in [1.82, 2.24) is 14.0 Å². The standard InChI is InChI=1S/C27H30ClN3O5/c1-18-13-20(5-8-24(18)36-12-11-31-25(32)9-10-29(2)27(31)35)17-30(23-14-21(15-23)26(33)34)16-19-3-6-22(28)7-4-19/h3-10,13,21,23H,11-12,14-17H2,1-2H3,(H,33,34)/t21-,23+. The van der Waals surface area contributed by atoms with Gasteiger partial charge in [0.2, 0.25) is 0 Å². The summed E-state index contributed by atoms with van der Waals surface area (Å²) in [7, 11) is 1.60. The number of carboxylic acid groups (broad SMARTS) is 1. The van der Waals surface area contributed by atoms with E-state index in [2.05, 4.69) is 11.0 Å². The molecule has 0 spiro atoms. The minimum atomic E-state index is -0.731. The van der Waals surface area contributed by atoms with Gasteiger partial charge in [-0.3, -0.25) is 19.1 Å². The Kier molecular flexibility index (Phi) is 7.96. The third-order valence-electron chi connectivity index (χ3n) is 6.71. The minimum absolute atomic E-state index is 0.162. The molecular formula is C27H30ClN3O5. The number of aliphatic carboxylic acids is 1. The molecular weight excluding hydrogens is 482 g/mol. The highest BCUT2D eigenvalue weighted by molar-refractivity contribution is 6.30. The van der Waals surface area contributed by atoms with Crippen molar-refractivity contribution in [3.63, 3.8) is 0 Å². The van der Waals surface area contributed by atoms with Crippen LogP contribution < -0.4 is 16.0 Å². The summed E-state index contributed by atoms with van der Waals surface area (Å²) in [4.78, 5) is 37.8. The molecule has 1 aliphatic rings. The van der Waals surface area contributed by atoms with Gasteiger partial charge in [0.05, 0.1) is 12.5 Å². The first-order valence-corrected chi connectivity index (χ1v) is 12.3. The summed E-state index contributed by atoms with van der Waals surface area (Å²) >= 11 is 6.03. The molecule has 4 rings (SSSR count). The van der Waals surface area contributed by atoms with Crippen molar-refractivity contribution < 1.29 is 14.6 Å². The SMILES string of the molecule is Cc1cc(CN(Cc2ccc(Cl)cc2)[C@H]2C[C@@H](C(=O)O)C2)ccc1OCCn1c(=O)ccn(C)c1=O. The monoisotopic (exact) mass is 511 g/mol. The Morgan fingerprint density at radius 2 is 1.75 bits per heavy atom. The van der Waals surface area contributed by atoms with E-state index in [0.29, 0.717) is 36.7 Å². The third-order valence-corrected chi connectivity index (χ3v) is 6.97. The van der Waals surface area contributed by atoms with E-state index in [1.165, 1.54) is 16.8 Å². The van der Waals surface area contributed by atoms with Crippen LogP contribution in [0, 0.1) is 12.8 Å². The summed E-state index contributed by atoms with van der Waals surface area (Å²) in [5.74, 6) is -0.321. The Hall–Kier alpha value is -3.36. The number of carbonyl (C=O) groups is 1. The Morgan fingerprint density at radius 1 is 1.08 bits per heavy atom. The molecule has 3 aromatic rings. The number of ether oxygens (including phenoxy) is 1. The van der Waals surface area contributed by atoms with E-state index in [4.69, 9.17) is 16.3 Å². The molecule has 9 heteroatoms. The molecule has 1 N–H and O–H groups in total. The number of aromatic nitrogens is 2. The van der Waals surface area contributed by atoms with Gasteiger partial charge >= 0.3 is 11.7 Å². The molecule has 36 heavy (non-hydrogen) atoms. The van der Waals surface area contributed by atoms with E-state index >= 15 is 0 Å². The van der Waals surface area contributed by atoms with E-state index in [1.54, 1.807) is 7.05 Å². The fraction of sp³-hybridized carbons (Fsp3) is 0.370. The fourth-order valence-corrected chi connectivity index (χ4v) is 4.63. The van der Waals surface area contributed by atoms with Gasteiger partial charge in [0, 0.05) is 43.5 Å². The van der Waals surface area contributed by atoms with E-state index in [9.17, 15) is 19.5 Å². The number of rotatable bonds is 10. The van der Waals surface area contributed by atoms with Crippen molar-refractivity contribution >= 4 is 17.6 Å². The highest BCUT2D eigenvalue weighted by Gasteiger charge is 2.37. The lowest BCUT2D eigenvalue weighted by molar-refractivity contribution is -0.147. The number of halogens is 1. The van der Waals surface area contributed by atoms with Crippen LogP contribution in [0.1, 0.15) is 29.5 Å². The molecule has 0 unspecified atom stereocenters. The molecule has 0 bridgehead atoms. The second-order valence-corrected chi connectivity index (χ2v) is 9.78. The molecule has 1 saturated carbocycles. The van der Waals surface area contributed by atoms with E-state index in [-0.39, 0.29) is 36.4 Å². The zero-order valence-corrected chi connectivity index (χ0v) is 21.1. The van der Waals surface area contributed by atoms with Gasteiger partial charge in [-0.2, -0.15) is 0 Å². The van der Waals surface area contributed by atoms with Gasteiger partial charge in [-0.25, -0.2) is 4.79 Å². The lowest BCUT2D eigenvalue weighted by Gasteiger charge is -2.41. The molecule has 1 fully saturated rings. The summed E-state index contributed by atoms with van der Waals surface area (Å²) < 4.78 is 8.39. The topological polar surface area (TPSA) is 93.8 Å². The molecule has 2 aromatic carbocycles. The Labute approximate surface area is 214 Å². The van der Waals surface area contributed by atoms with E-state index in [0.717, 1.165) is 21.3 Å². The highest BCUT2D eigenvalue weighted by atomic mass is 35.5. The smallest absolute Gasteiger partial charge is 0.330 e. The van der Waals surface area contributed by atoms with Crippen LogP contribution in [-0.4, -0.2) is 37.8 Å². The first-order valence-electron chi connectivity index (χ1n) is 11.9. The summed E-state index contributed by atoms with van der Waals surface area (Å²) in [5, 5.41) is 10.00. The summed E-state index contributed by atoms with van der Waals surface area (Å²) in [5.41, 5.74) is 2.44. The number of hydrogen-bond donors (Lipinski definition) is 1. The molecule has 1 aromatic heterocycles. The average molecular weight is 512 g/mol. The third kappa shape index (κ3) is 6.06. The van der Waals surface area contributed by atoms with Crippen LogP contribution in [0.2, 0.25) is 5.02 Å². The van der Waals surface area contributed by atoms with Crippen LogP contribution in [0.4, 0.5) is 0 Å². The van der Waals surface area contributed by atoms with Gasteiger partial charge in [0.25, 0.3) is 5.56 Å². The van der Waals surface area contributed by atoms with Crippen LogP contribution in [-0.2, 0) is 31.5 Å². The van der Waals surface area contributed by atoms with E-state index < -0.39 is 5.97 Å². The van der Waals surface area contributed by atoms with Crippen molar-refractivity contribution in [2.24, 2.45) is 13.0 Å². The Bertz CT molecular complexity index is 1340. The van der Waals surface area contributed by atoms with Gasteiger partial charge in [0.1, 0.15) is 12.4 Å². The molecule has 8 nitrogen and oxygen atoms in total. The second-order valence-electron chi connectivity index (χ2n) is 9.34. The Morgan fingerprint density at radius 3 is 2.42 bits per heavy atom. The molecule has 0 atom stereocenters. The van der Waals surface area contributed by atoms with Crippen LogP contribution in [0.5, 0.6) is 5.75 Å². The number of carboxylic acids is 1. The van der Waals surface area contributed by atoms with Crippen LogP contribution >= 0.6 is 11.6 Å². The second kappa shape index (κ2) is 11.1. The number of benzene rings is 2. The molecule has 0 saturated heterocycles. The lowest BCUT2D eigenvalue weighted by atomic mass is 9.79. The molecule has 0 aliphatic heterocycles. The van der Waals surface area contributed by atoms with Gasteiger partial charge < -0.3 is 14.4 Å². The highest BCUT2D eigenvalue weighted by Crippen LogP contribution is 2.34. The molecule has 1 heterocycles. The first kappa shape index (κ1) is 25.7. The van der Waals surface area contributed by atoms with Crippen molar-refractivity contribution in [2.75, 3.05) is 6.61 Å². The summed E-state index contributed by atoms with van der Waals surface area (Å²) in [6, 6.07) is 15.2. The average Bonchev–Trinajstić information content (AvgIpc) is 2.80. The maximum atomic E-state index is 12.2. The molecule has 190 valence electrons. The predicted molar refractivity (Wildman–Crippen MR) is 137 cm³/mol. The number of hydrogen-bond acceptors (Lipinski definition) is 5. The minimum Gasteiger partial charge on any atom is -0.491 e. The zero-order chi connectivity index (χ0) is 25.8. The number of nitrogens with zero attached hydrogens (tertiary/aromatic N) is 3. The van der Waals surface area contributed by atoms with Crippen LogP contribution in [0.3, 0.4) is 0 Å². The van der Waals surface area contributed by atoms with Gasteiger partial charge in [-0.15, -0.1) is 0 Å². The van der Waals surface area contributed by atoms with Gasteiger partial charge in [-0.1, -0.05) is 35.9 Å². The molecule has 0 amide bonds. The fourth-order valence-electron chi connectivity index (χ4n) is 4.50. The van der Waals surface area contributed by atoms with Crippen LogP contribution in [0.25, 0.3) is 0 Å². The Balaban J connectivity index is 1.42. The van der Waals surface area contributed by atoms with Crippen molar-refractivity contribution in [2.45, 2.75) is 45.4 Å². The largest absolute Gasteiger partial charge is 0.491 e. The first-order chi connectivity index (χ1) is 17.2. The summed E-state index contributed by atoms with van der Waals surface area (Å²) in [6.45, 7) is 3.69. The van der Waals surface area contributed by atoms with Gasteiger partial charge in [-0.05, 0) is 54.7 Å². The van der Waals surface area contributed by atoms with Crippen molar-refractivity contribution in [1.29, 1.82) is 0 Å². The van der Waals surface area contributed by atoms with Crippen molar-refractivity contribution in [3.8, 4) is 5.75 Å². The molecule has 0 radical (unpaired) electrons. The predicted octanol–water partition coefficient (Wildman–Crippen LogP) is 3.45. The maximum Gasteiger partial charge on any atom is 0.330 e. The van der Waals surface area contributed by atoms with Gasteiger partial charge in [0.15, 0.2) is 0 Å². The van der Waals surface area contributed by atoms with Crippen LogP contribution in [0.15, 0.2) is 64.3 Å². The molecule has 1 aliphatic carbocycles. The maximum absolute atomic E-state index is 12.2. The van der Waals surface area contributed by atoms with Crippen molar-refractivity contribution in [3.05, 3.63) is 97.3 Å². The summed E-state index contributed by atoms with van der Waals surface area (Å²) in [6.07, 6.45) is 2.73.